The number of methoxy groups -OCH3 is 2. The van der Waals surface area contributed by atoms with Crippen LogP contribution in [0.4, 0.5) is 0 Å². The molecule has 0 bridgehead atoms. The molecule has 0 aromatic heterocycles. The Morgan fingerprint density at radius 1 is 1.14 bits per heavy atom. The van der Waals surface area contributed by atoms with Crippen molar-refractivity contribution < 1.29 is 9.47 Å². The maximum absolute atomic E-state index is 5.55. The number of hydrogen-bond donors (Lipinski definition) is 1. The van der Waals surface area contributed by atoms with Crippen LogP contribution in [0.5, 0.6) is 11.5 Å². The molecule has 21 heavy (non-hydrogen) atoms. The molecule has 1 aromatic carbocycles. The summed E-state index contributed by atoms with van der Waals surface area (Å²) in [7, 11) is 3.40. The Morgan fingerprint density at radius 2 is 1.95 bits per heavy atom. The summed E-state index contributed by atoms with van der Waals surface area (Å²) in [5.74, 6) is 4.03. The summed E-state index contributed by atoms with van der Waals surface area (Å²) in [5.41, 5.74) is 1.22. The van der Waals surface area contributed by atoms with Crippen LogP contribution in [0.1, 0.15) is 44.7 Å². The fourth-order valence-corrected chi connectivity index (χ4v) is 3.32. The first kappa shape index (κ1) is 18.2. The average molecular weight is 311 g/mol. The molecule has 1 unspecified atom stereocenters. The number of nitrogens with one attached hydrogen (secondary N) is 1. The van der Waals surface area contributed by atoms with Gasteiger partial charge >= 0.3 is 0 Å². The molecule has 0 aliphatic heterocycles. The van der Waals surface area contributed by atoms with Crippen molar-refractivity contribution in [3.05, 3.63) is 23.8 Å². The van der Waals surface area contributed by atoms with Crippen LogP contribution < -0.4 is 14.8 Å². The number of hydrogen-bond acceptors (Lipinski definition) is 4. The Balaban J connectivity index is 2.80. The van der Waals surface area contributed by atoms with Gasteiger partial charge in [-0.05, 0) is 31.2 Å². The normalized spacial score (nSPS) is 12.2. The van der Waals surface area contributed by atoms with Gasteiger partial charge in [0, 0.05) is 23.4 Å². The number of rotatable bonds is 11. The van der Waals surface area contributed by atoms with Gasteiger partial charge in [0.1, 0.15) is 11.5 Å². The Morgan fingerprint density at radius 3 is 2.57 bits per heavy atom. The fraction of sp³-hybridized carbons (Fsp3) is 0.647. The van der Waals surface area contributed by atoms with Crippen LogP contribution in [-0.2, 0) is 0 Å². The standard InChI is InChI=1S/C17H29NO2S/c1-5-7-11-21-13-16(18-10-6-2)15-9-8-14(19-3)12-17(15)20-4/h8-9,12,16,18H,5-7,10-11,13H2,1-4H3. The third-order valence-electron chi connectivity index (χ3n) is 3.38. The molecule has 0 radical (unpaired) electrons. The number of benzene rings is 1. The molecule has 1 N–H and O–H groups in total. The molecule has 0 amide bonds. The van der Waals surface area contributed by atoms with Gasteiger partial charge in [0.15, 0.2) is 0 Å². The van der Waals surface area contributed by atoms with Gasteiger partial charge in [0.05, 0.1) is 14.2 Å². The number of ether oxygens (including phenoxy) is 2. The number of thioether (sulfide) groups is 1. The molecule has 3 nitrogen and oxygen atoms in total. The van der Waals surface area contributed by atoms with Gasteiger partial charge in [-0.2, -0.15) is 11.8 Å². The first-order valence-corrected chi connectivity index (χ1v) is 8.95. The van der Waals surface area contributed by atoms with E-state index in [9.17, 15) is 0 Å². The van der Waals surface area contributed by atoms with Crippen molar-refractivity contribution in [2.24, 2.45) is 0 Å². The lowest BCUT2D eigenvalue weighted by Gasteiger charge is -2.21. The zero-order chi connectivity index (χ0) is 15.5. The zero-order valence-corrected chi connectivity index (χ0v) is 14.6. The molecule has 4 heteroatoms. The smallest absolute Gasteiger partial charge is 0.127 e. The van der Waals surface area contributed by atoms with Crippen molar-refractivity contribution >= 4 is 11.8 Å². The third kappa shape index (κ3) is 6.18. The lowest BCUT2D eigenvalue weighted by Crippen LogP contribution is -2.24. The summed E-state index contributed by atoms with van der Waals surface area (Å²) in [6, 6.07) is 6.42. The van der Waals surface area contributed by atoms with Crippen LogP contribution in [-0.4, -0.2) is 32.3 Å². The molecule has 0 aliphatic carbocycles. The van der Waals surface area contributed by atoms with E-state index in [2.05, 4.69) is 25.2 Å². The van der Waals surface area contributed by atoms with Crippen molar-refractivity contribution in [2.45, 2.75) is 39.2 Å². The van der Waals surface area contributed by atoms with Gasteiger partial charge in [-0.3, -0.25) is 0 Å². The molecule has 1 atom stereocenters. The van der Waals surface area contributed by atoms with E-state index in [0.717, 1.165) is 30.2 Å². The molecule has 120 valence electrons. The SMILES string of the molecule is CCCCSCC(NCCC)c1ccc(OC)cc1OC. The molecular formula is C17H29NO2S. The second-order valence-electron chi connectivity index (χ2n) is 5.04. The van der Waals surface area contributed by atoms with E-state index in [0.29, 0.717) is 6.04 Å². The molecule has 0 spiro atoms. The van der Waals surface area contributed by atoms with E-state index in [4.69, 9.17) is 9.47 Å². The minimum absolute atomic E-state index is 0.327. The quantitative estimate of drug-likeness (QED) is 0.618. The Bertz CT molecular complexity index is 398. The van der Waals surface area contributed by atoms with Crippen LogP contribution in [0.25, 0.3) is 0 Å². The van der Waals surface area contributed by atoms with Crippen molar-refractivity contribution in [3.63, 3.8) is 0 Å². The summed E-state index contributed by atoms with van der Waals surface area (Å²) >= 11 is 2.01. The molecule has 1 aromatic rings. The lowest BCUT2D eigenvalue weighted by molar-refractivity contribution is 0.386. The van der Waals surface area contributed by atoms with E-state index in [-0.39, 0.29) is 0 Å². The third-order valence-corrected chi connectivity index (χ3v) is 4.53. The fourth-order valence-electron chi connectivity index (χ4n) is 2.13. The Kier molecular flexibility index (Phi) is 9.35. The van der Waals surface area contributed by atoms with Crippen LogP contribution in [0.3, 0.4) is 0 Å². The predicted octanol–water partition coefficient (Wildman–Crippen LogP) is 4.28. The highest BCUT2D eigenvalue weighted by molar-refractivity contribution is 7.99. The molecule has 0 aliphatic rings. The van der Waals surface area contributed by atoms with Gasteiger partial charge in [0.25, 0.3) is 0 Å². The van der Waals surface area contributed by atoms with E-state index in [1.165, 1.54) is 24.2 Å². The van der Waals surface area contributed by atoms with Gasteiger partial charge in [-0.15, -0.1) is 0 Å². The van der Waals surface area contributed by atoms with Crippen molar-refractivity contribution in [3.8, 4) is 11.5 Å². The van der Waals surface area contributed by atoms with Crippen LogP contribution >= 0.6 is 11.8 Å². The highest BCUT2D eigenvalue weighted by Crippen LogP contribution is 2.31. The second-order valence-corrected chi connectivity index (χ2v) is 6.19. The highest BCUT2D eigenvalue weighted by atomic mass is 32.2. The first-order valence-electron chi connectivity index (χ1n) is 7.79. The Hall–Kier alpha value is -0.870. The Labute approximate surface area is 133 Å². The van der Waals surface area contributed by atoms with E-state index >= 15 is 0 Å². The number of unbranched alkanes of at least 4 members (excludes halogenated alkanes) is 1. The molecule has 0 heterocycles. The molecule has 0 fully saturated rings. The zero-order valence-electron chi connectivity index (χ0n) is 13.8. The minimum Gasteiger partial charge on any atom is -0.497 e. The summed E-state index contributed by atoms with van der Waals surface area (Å²) < 4.78 is 10.8. The van der Waals surface area contributed by atoms with Gasteiger partial charge in [0.2, 0.25) is 0 Å². The largest absolute Gasteiger partial charge is 0.497 e. The molecular weight excluding hydrogens is 282 g/mol. The summed E-state index contributed by atoms with van der Waals surface area (Å²) in [5, 5.41) is 3.63. The summed E-state index contributed by atoms with van der Waals surface area (Å²) in [6.07, 6.45) is 3.67. The lowest BCUT2D eigenvalue weighted by atomic mass is 10.1. The molecule has 0 saturated carbocycles. The van der Waals surface area contributed by atoms with Crippen molar-refractivity contribution in [1.82, 2.24) is 5.32 Å². The highest BCUT2D eigenvalue weighted by Gasteiger charge is 2.16. The summed E-state index contributed by atoms with van der Waals surface area (Å²) in [4.78, 5) is 0. The minimum atomic E-state index is 0.327. The van der Waals surface area contributed by atoms with Gasteiger partial charge in [-0.1, -0.05) is 26.3 Å². The van der Waals surface area contributed by atoms with Crippen LogP contribution in [0.15, 0.2) is 18.2 Å². The van der Waals surface area contributed by atoms with E-state index in [1.54, 1.807) is 14.2 Å². The maximum Gasteiger partial charge on any atom is 0.127 e. The topological polar surface area (TPSA) is 30.5 Å². The second kappa shape index (κ2) is 10.8. The monoisotopic (exact) mass is 311 g/mol. The average Bonchev–Trinajstić information content (AvgIpc) is 2.53. The van der Waals surface area contributed by atoms with E-state index < -0.39 is 0 Å². The van der Waals surface area contributed by atoms with Crippen molar-refractivity contribution in [2.75, 3.05) is 32.3 Å². The van der Waals surface area contributed by atoms with Crippen molar-refractivity contribution in [1.29, 1.82) is 0 Å². The summed E-state index contributed by atoms with van der Waals surface area (Å²) in [6.45, 7) is 5.45. The maximum atomic E-state index is 5.55. The van der Waals surface area contributed by atoms with Crippen LogP contribution in [0, 0.1) is 0 Å². The van der Waals surface area contributed by atoms with Gasteiger partial charge in [-0.25, -0.2) is 0 Å². The van der Waals surface area contributed by atoms with E-state index in [1.807, 2.05) is 23.9 Å². The molecule has 0 saturated heterocycles. The van der Waals surface area contributed by atoms with Gasteiger partial charge < -0.3 is 14.8 Å². The van der Waals surface area contributed by atoms with Crippen LogP contribution in [0.2, 0.25) is 0 Å². The molecule has 1 rings (SSSR count). The first-order chi connectivity index (χ1) is 10.3. The predicted molar refractivity (Wildman–Crippen MR) is 92.8 cm³/mol.